The number of hydrogen-bond donors (Lipinski definition) is 1. The average molecular weight is 265 g/mol. The zero-order chi connectivity index (χ0) is 13.6. The van der Waals surface area contributed by atoms with Gasteiger partial charge >= 0.3 is 5.97 Å². The Balaban J connectivity index is 4.05. The summed E-state index contributed by atoms with van der Waals surface area (Å²) in [5.74, 6) is -0.186. The molecule has 0 aliphatic carbocycles. The van der Waals surface area contributed by atoms with E-state index in [0.717, 1.165) is 12.7 Å². The van der Waals surface area contributed by atoms with E-state index in [1.807, 2.05) is 13.8 Å². The number of ether oxygens (including phenoxy) is 1. The topological polar surface area (TPSA) is 86.5 Å². The van der Waals surface area contributed by atoms with Gasteiger partial charge < -0.3 is 10.5 Å². The Morgan fingerprint density at radius 2 is 1.82 bits per heavy atom. The maximum Gasteiger partial charge on any atom is 0.323 e. The van der Waals surface area contributed by atoms with Crippen molar-refractivity contribution in [3.8, 4) is 0 Å². The Morgan fingerprint density at radius 1 is 1.29 bits per heavy atom. The van der Waals surface area contributed by atoms with Crippen LogP contribution >= 0.6 is 0 Å². The zero-order valence-corrected chi connectivity index (χ0v) is 11.8. The van der Waals surface area contributed by atoms with Gasteiger partial charge in [0.05, 0.1) is 11.9 Å². The smallest absolute Gasteiger partial charge is 0.323 e. The first-order chi connectivity index (χ1) is 7.61. The highest BCUT2D eigenvalue weighted by Crippen LogP contribution is 2.09. The molecule has 0 amide bonds. The van der Waals surface area contributed by atoms with Crippen LogP contribution in [-0.2, 0) is 19.4 Å². The SMILES string of the molecule is CC(C)CC(C)OC(=O)C(N)CCS(C)(=O)=O. The minimum Gasteiger partial charge on any atom is -0.462 e. The summed E-state index contributed by atoms with van der Waals surface area (Å²) in [5, 5.41) is 0. The van der Waals surface area contributed by atoms with E-state index >= 15 is 0 Å². The molecule has 2 unspecified atom stereocenters. The summed E-state index contributed by atoms with van der Waals surface area (Å²) < 4.78 is 27.0. The van der Waals surface area contributed by atoms with Gasteiger partial charge in [0.25, 0.3) is 0 Å². The van der Waals surface area contributed by atoms with Crippen LogP contribution in [0, 0.1) is 5.92 Å². The highest BCUT2D eigenvalue weighted by molar-refractivity contribution is 7.90. The number of carbonyl (C=O) groups excluding carboxylic acids is 1. The number of esters is 1. The lowest BCUT2D eigenvalue weighted by molar-refractivity contribution is -0.150. The first-order valence-corrected chi connectivity index (χ1v) is 7.81. The van der Waals surface area contributed by atoms with Crippen molar-refractivity contribution in [1.29, 1.82) is 0 Å². The predicted molar refractivity (Wildman–Crippen MR) is 67.3 cm³/mol. The Kier molecular flexibility index (Phi) is 6.70. The summed E-state index contributed by atoms with van der Waals surface area (Å²) in [4.78, 5) is 11.5. The van der Waals surface area contributed by atoms with Crippen molar-refractivity contribution in [2.45, 2.75) is 45.8 Å². The maximum atomic E-state index is 11.5. The third-order valence-electron chi connectivity index (χ3n) is 2.22. The van der Waals surface area contributed by atoms with Crippen molar-refractivity contribution in [3.05, 3.63) is 0 Å². The molecule has 5 nitrogen and oxygen atoms in total. The molecule has 6 heteroatoms. The van der Waals surface area contributed by atoms with Gasteiger partial charge in [-0.1, -0.05) is 13.8 Å². The van der Waals surface area contributed by atoms with Gasteiger partial charge in [-0.25, -0.2) is 8.42 Å². The molecule has 0 radical (unpaired) electrons. The quantitative estimate of drug-likeness (QED) is 0.686. The van der Waals surface area contributed by atoms with Gasteiger partial charge in [-0.3, -0.25) is 4.79 Å². The Labute approximate surface area is 104 Å². The standard InChI is InChI=1S/C11H23NO4S/c1-8(2)7-9(3)16-11(13)10(12)5-6-17(4,14)15/h8-10H,5-7,12H2,1-4H3. The fraction of sp³-hybridized carbons (Fsp3) is 0.909. The monoisotopic (exact) mass is 265 g/mol. The molecule has 0 aromatic carbocycles. The zero-order valence-electron chi connectivity index (χ0n) is 11.0. The summed E-state index contributed by atoms with van der Waals surface area (Å²) in [5.41, 5.74) is 5.56. The number of nitrogens with two attached hydrogens (primary N) is 1. The van der Waals surface area contributed by atoms with Gasteiger partial charge in [-0.05, 0) is 25.7 Å². The van der Waals surface area contributed by atoms with Gasteiger partial charge in [0.1, 0.15) is 15.9 Å². The normalized spacial score (nSPS) is 15.6. The second kappa shape index (κ2) is 6.96. The molecule has 0 fully saturated rings. The number of sulfone groups is 1. The van der Waals surface area contributed by atoms with Crippen LogP contribution in [0.5, 0.6) is 0 Å². The molecule has 0 rings (SSSR count). The fourth-order valence-electron chi connectivity index (χ4n) is 1.46. The van der Waals surface area contributed by atoms with Crippen LogP contribution in [-0.4, -0.2) is 38.5 Å². The lowest BCUT2D eigenvalue weighted by atomic mass is 10.1. The highest BCUT2D eigenvalue weighted by atomic mass is 32.2. The first kappa shape index (κ1) is 16.4. The Hall–Kier alpha value is -0.620. The van der Waals surface area contributed by atoms with E-state index in [9.17, 15) is 13.2 Å². The van der Waals surface area contributed by atoms with E-state index in [4.69, 9.17) is 10.5 Å². The molecule has 102 valence electrons. The average Bonchev–Trinajstić information content (AvgIpc) is 2.11. The van der Waals surface area contributed by atoms with Crippen molar-refractivity contribution in [2.75, 3.05) is 12.0 Å². The van der Waals surface area contributed by atoms with E-state index < -0.39 is 21.8 Å². The summed E-state index contributed by atoms with van der Waals surface area (Å²) in [6, 6.07) is -0.862. The van der Waals surface area contributed by atoms with Crippen molar-refractivity contribution in [1.82, 2.24) is 0 Å². The van der Waals surface area contributed by atoms with Gasteiger partial charge in [-0.15, -0.1) is 0 Å². The van der Waals surface area contributed by atoms with E-state index in [-0.39, 0.29) is 18.3 Å². The lowest BCUT2D eigenvalue weighted by Crippen LogP contribution is -2.36. The summed E-state index contributed by atoms with van der Waals surface area (Å²) in [6.07, 6.45) is 1.80. The lowest BCUT2D eigenvalue weighted by Gasteiger charge is -2.18. The van der Waals surface area contributed by atoms with E-state index in [2.05, 4.69) is 0 Å². The first-order valence-electron chi connectivity index (χ1n) is 5.75. The highest BCUT2D eigenvalue weighted by Gasteiger charge is 2.19. The van der Waals surface area contributed by atoms with Crippen LogP contribution < -0.4 is 5.73 Å². The summed E-state index contributed by atoms with van der Waals surface area (Å²) in [7, 11) is -3.09. The van der Waals surface area contributed by atoms with E-state index in [0.29, 0.717) is 5.92 Å². The minimum absolute atomic E-state index is 0.0954. The minimum atomic E-state index is -3.09. The third kappa shape index (κ3) is 9.12. The van der Waals surface area contributed by atoms with Crippen LogP contribution in [0.4, 0.5) is 0 Å². The molecule has 17 heavy (non-hydrogen) atoms. The van der Waals surface area contributed by atoms with Crippen LogP contribution in [0.3, 0.4) is 0 Å². The van der Waals surface area contributed by atoms with Crippen molar-refractivity contribution in [2.24, 2.45) is 11.7 Å². The molecule has 0 bridgehead atoms. The Bertz CT molecular complexity index is 337. The van der Waals surface area contributed by atoms with Crippen molar-refractivity contribution in [3.63, 3.8) is 0 Å². The molecule has 0 saturated heterocycles. The molecule has 2 N–H and O–H groups in total. The van der Waals surface area contributed by atoms with Crippen molar-refractivity contribution < 1.29 is 17.9 Å². The molecule has 0 aromatic heterocycles. The molecular weight excluding hydrogens is 242 g/mol. The van der Waals surface area contributed by atoms with Gasteiger partial charge in [0.2, 0.25) is 0 Å². The van der Waals surface area contributed by atoms with Crippen LogP contribution in [0.25, 0.3) is 0 Å². The van der Waals surface area contributed by atoms with Crippen LogP contribution in [0.1, 0.15) is 33.6 Å². The molecule has 0 heterocycles. The van der Waals surface area contributed by atoms with Gasteiger partial charge in [0, 0.05) is 6.26 Å². The molecule has 0 saturated carbocycles. The second-order valence-corrected chi connectivity index (χ2v) is 7.16. The van der Waals surface area contributed by atoms with E-state index in [1.54, 1.807) is 6.92 Å². The maximum absolute atomic E-state index is 11.5. The number of rotatable bonds is 7. The number of hydrogen-bond acceptors (Lipinski definition) is 5. The molecule has 0 aromatic rings. The molecule has 2 atom stereocenters. The van der Waals surface area contributed by atoms with Crippen LogP contribution in [0.2, 0.25) is 0 Å². The van der Waals surface area contributed by atoms with Crippen molar-refractivity contribution >= 4 is 15.8 Å². The summed E-state index contributed by atoms with van der Waals surface area (Å²) >= 11 is 0. The third-order valence-corrected chi connectivity index (χ3v) is 3.20. The largest absolute Gasteiger partial charge is 0.462 e. The second-order valence-electron chi connectivity index (χ2n) is 4.90. The summed E-state index contributed by atoms with van der Waals surface area (Å²) in [6.45, 7) is 5.88. The van der Waals surface area contributed by atoms with Crippen LogP contribution in [0.15, 0.2) is 0 Å². The molecule has 0 aliphatic heterocycles. The number of carbonyl (C=O) groups is 1. The fourth-order valence-corrected chi connectivity index (χ4v) is 2.14. The van der Waals surface area contributed by atoms with Gasteiger partial charge in [0.15, 0.2) is 0 Å². The van der Waals surface area contributed by atoms with E-state index in [1.165, 1.54) is 0 Å². The molecular formula is C11H23NO4S. The molecule has 0 spiro atoms. The Morgan fingerprint density at radius 3 is 2.24 bits per heavy atom. The van der Waals surface area contributed by atoms with Gasteiger partial charge in [-0.2, -0.15) is 0 Å². The molecule has 0 aliphatic rings. The predicted octanol–water partition coefficient (Wildman–Crippen LogP) is 0.726.